The summed E-state index contributed by atoms with van der Waals surface area (Å²) in [5.41, 5.74) is 26.1. The van der Waals surface area contributed by atoms with Gasteiger partial charge in [-0.2, -0.15) is 0 Å². The van der Waals surface area contributed by atoms with Crippen LogP contribution < -0.4 is 49.5 Å². The fourth-order valence-electron chi connectivity index (χ4n) is 5.31. The maximum absolute atomic E-state index is 13.9. The summed E-state index contributed by atoms with van der Waals surface area (Å²) < 4.78 is 0. The Balaban J connectivity index is 1.82. The lowest BCUT2D eigenvalue weighted by atomic mass is 9.99. The number of amides is 4. The van der Waals surface area contributed by atoms with Crippen molar-refractivity contribution in [2.45, 2.75) is 62.7 Å². The van der Waals surface area contributed by atoms with E-state index in [1.807, 2.05) is 84.9 Å². The molecule has 0 aromatic heterocycles. The van der Waals surface area contributed by atoms with Crippen LogP contribution >= 0.6 is 0 Å². The molecule has 0 aliphatic rings. The third-order valence-corrected chi connectivity index (χ3v) is 8.03. The first-order valence-electron chi connectivity index (χ1n) is 16.7. The average molecular weight is 700 g/mol. The summed E-state index contributed by atoms with van der Waals surface area (Å²) in [6.07, 6.45) is 1.33. The summed E-state index contributed by atoms with van der Waals surface area (Å²) >= 11 is 0. The van der Waals surface area contributed by atoms with E-state index in [-0.39, 0.29) is 50.7 Å². The molecule has 15 heteroatoms. The van der Waals surface area contributed by atoms with Crippen LogP contribution in [0.3, 0.4) is 0 Å². The van der Waals surface area contributed by atoms with Gasteiger partial charge in [-0.05, 0) is 54.4 Å². The molecule has 0 spiro atoms. The van der Waals surface area contributed by atoms with E-state index >= 15 is 0 Å². The van der Waals surface area contributed by atoms with Crippen LogP contribution in [0.4, 0.5) is 0 Å². The van der Waals surface area contributed by atoms with Gasteiger partial charge in [0.05, 0.1) is 6.04 Å². The summed E-state index contributed by atoms with van der Waals surface area (Å²) in [7, 11) is 0. The lowest BCUT2D eigenvalue weighted by molar-refractivity contribution is -0.133. The van der Waals surface area contributed by atoms with E-state index in [1.54, 1.807) is 0 Å². The van der Waals surface area contributed by atoms with Crippen LogP contribution in [-0.2, 0) is 32.0 Å². The van der Waals surface area contributed by atoms with Gasteiger partial charge in [0.1, 0.15) is 18.1 Å². The quantitative estimate of drug-likeness (QED) is 0.0427. The zero-order valence-corrected chi connectivity index (χ0v) is 28.5. The van der Waals surface area contributed by atoms with E-state index < -0.39 is 47.8 Å². The first-order chi connectivity index (χ1) is 24.4. The largest absolute Gasteiger partial charge is 0.370 e. The number of nitrogens with two attached hydrogens (primary N) is 4. The molecule has 15 N–H and O–H groups in total. The Morgan fingerprint density at radius 3 is 1.55 bits per heavy atom. The first kappa shape index (κ1) is 39.5. The predicted octanol–water partition coefficient (Wildman–Crippen LogP) is -0.0677. The van der Waals surface area contributed by atoms with E-state index in [1.165, 1.54) is 0 Å². The standard InChI is InChI=1S/C36H49N11O4/c37-27(21-23-9-3-1-4-10-23)32(49)46-29(14-8-20-44-36(41)42)33(50)47-30(34(51)45-28(31(38)48)13-7-19-43-35(39)40)22-24-15-17-26(18-16-24)25-11-5-2-6-12-25/h1-6,9-12,15-18,27-30H,7-8,13-14,19-22,37H2,(H2,38,48)(H,45,51)(H,46,49)(H,47,50)(H4,39,40,43)(H4,41,42,44)/t27-,28-,29-,30-/m0/s1. The van der Waals surface area contributed by atoms with Gasteiger partial charge in [0.15, 0.2) is 11.9 Å². The smallest absolute Gasteiger partial charge is 0.243 e. The summed E-state index contributed by atoms with van der Waals surface area (Å²) in [6.45, 7) is 0.552. The van der Waals surface area contributed by atoms with Crippen molar-refractivity contribution in [1.29, 1.82) is 10.8 Å². The van der Waals surface area contributed by atoms with Crippen molar-refractivity contribution in [3.8, 4) is 11.1 Å². The molecule has 0 fully saturated rings. The molecule has 3 aromatic carbocycles. The molecule has 0 aliphatic carbocycles. The van der Waals surface area contributed by atoms with Gasteiger partial charge in [0, 0.05) is 19.5 Å². The second-order valence-electron chi connectivity index (χ2n) is 12.1. The van der Waals surface area contributed by atoms with Crippen LogP contribution in [0, 0.1) is 10.8 Å². The van der Waals surface area contributed by atoms with E-state index in [2.05, 4.69) is 26.6 Å². The highest BCUT2D eigenvalue weighted by Gasteiger charge is 2.30. The monoisotopic (exact) mass is 699 g/mol. The fourth-order valence-corrected chi connectivity index (χ4v) is 5.31. The lowest BCUT2D eigenvalue weighted by Crippen LogP contribution is -2.58. The van der Waals surface area contributed by atoms with E-state index in [0.717, 1.165) is 22.3 Å². The second-order valence-corrected chi connectivity index (χ2v) is 12.1. The van der Waals surface area contributed by atoms with Crippen LogP contribution in [-0.4, -0.2) is 72.8 Å². The highest BCUT2D eigenvalue weighted by Crippen LogP contribution is 2.20. The SMILES string of the molecule is N=C(N)NCCC[C@H](NC(=O)[C@H](Cc1ccc(-c2ccccc2)cc1)NC(=O)[C@H](CCCNC(=N)N)NC(=O)[C@@H](N)Cc1ccccc1)C(N)=O. The molecule has 51 heavy (non-hydrogen) atoms. The Morgan fingerprint density at radius 2 is 1.00 bits per heavy atom. The highest BCUT2D eigenvalue weighted by atomic mass is 16.2. The highest BCUT2D eigenvalue weighted by molar-refractivity contribution is 5.94. The molecule has 15 nitrogen and oxygen atoms in total. The summed E-state index contributed by atoms with van der Waals surface area (Å²) in [4.78, 5) is 53.1. The minimum absolute atomic E-state index is 0.0596. The van der Waals surface area contributed by atoms with E-state index in [0.29, 0.717) is 12.8 Å². The zero-order valence-electron chi connectivity index (χ0n) is 28.5. The third kappa shape index (κ3) is 14.2. The van der Waals surface area contributed by atoms with Gasteiger partial charge in [-0.15, -0.1) is 0 Å². The van der Waals surface area contributed by atoms with Crippen molar-refractivity contribution in [3.05, 3.63) is 96.1 Å². The van der Waals surface area contributed by atoms with Crippen LogP contribution in [0.15, 0.2) is 84.9 Å². The first-order valence-corrected chi connectivity index (χ1v) is 16.7. The number of benzene rings is 3. The number of rotatable bonds is 20. The minimum atomic E-state index is -1.16. The third-order valence-electron chi connectivity index (χ3n) is 8.03. The number of hydrogen-bond donors (Lipinski definition) is 11. The van der Waals surface area contributed by atoms with Gasteiger partial charge in [-0.25, -0.2) is 0 Å². The van der Waals surface area contributed by atoms with Crippen LogP contribution in [0.1, 0.15) is 36.8 Å². The number of primary amides is 1. The van der Waals surface area contributed by atoms with E-state index in [4.69, 9.17) is 33.8 Å². The molecule has 272 valence electrons. The van der Waals surface area contributed by atoms with Gasteiger partial charge in [0.25, 0.3) is 0 Å². The molecule has 0 aliphatic heterocycles. The Labute approximate surface area is 297 Å². The van der Waals surface area contributed by atoms with Crippen molar-refractivity contribution in [1.82, 2.24) is 26.6 Å². The number of hydrogen-bond acceptors (Lipinski definition) is 7. The molecular weight excluding hydrogens is 650 g/mol. The van der Waals surface area contributed by atoms with Crippen molar-refractivity contribution in [2.75, 3.05) is 13.1 Å². The molecule has 0 heterocycles. The van der Waals surface area contributed by atoms with Gasteiger partial charge in [-0.1, -0.05) is 84.9 Å². The Kier molecular flexibility index (Phi) is 15.9. The van der Waals surface area contributed by atoms with Gasteiger partial charge >= 0.3 is 0 Å². The van der Waals surface area contributed by atoms with Gasteiger partial charge in [-0.3, -0.25) is 30.0 Å². The Hall–Kier alpha value is -5.96. The van der Waals surface area contributed by atoms with Crippen LogP contribution in [0.5, 0.6) is 0 Å². The number of guanidine groups is 2. The molecule has 0 bridgehead atoms. The van der Waals surface area contributed by atoms with E-state index in [9.17, 15) is 19.2 Å². The Morgan fingerprint density at radius 1 is 0.549 bits per heavy atom. The number of carbonyl (C=O) groups excluding carboxylic acids is 4. The average Bonchev–Trinajstić information content (AvgIpc) is 3.11. The maximum Gasteiger partial charge on any atom is 0.243 e. The maximum atomic E-state index is 13.9. The summed E-state index contributed by atoms with van der Waals surface area (Å²) in [5, 5.41) is 28.2. The number of nitrogens with one attached hydrogen (secondary N) is 7. The normalized spacial score (nSPS) is 13.0. The summed E-state index contributed by atoms with van der Waals surface area (Å²) in [5.74, 6) is -3.07. The van der Waals surface area contributed by atoms with Crippen LogP contribution in [0.2, 0.25) is 0 Å². The number of carbonyl (C=O) groups is 4. The molecule has 4 atom stereocenters. The van der Waals surface area contributed by atoms with Gasteiger partial charge in [0.2, 0.25) is 23.6 Å². The summed E-state index contributed by atoms with van der Waals surface area (Å²) in [6, 6.07) is 22.2. The Bertz CT molecular complexity index is 1600. The van der Waals surface area contributed by atoms with Crippen molar-refractivity contribution in [2.24, 2.45) is 22.9 Å². The van der Waals surface area contributed by atoms with Gasteiger partial charge < -0.3 is 49.5 Å². The molecule has 0 unspecified atom stereocenters. The zero-order chi connectivity index (χ0) is 37.2. The molecule has 0 saturated carbocycles. The van der Waals surface area contributed by atoms with Crippen molar-refractivity contribution >= 4 is 35.5 Å². The topological polar surface area (TPSA) is 280 Å². The minimum Gasteiger partial charge on any atom is -0.370 e. The van der Waals surface area contributed by atoms with Crippen molar-refractivity contribution < 1.29 is 19.2 Å². The molecule has 3 aromatic rings. The van der Waals surface area contributed by atoms with Crippen molar-refractivity contribution in [3.63, 3.8) is 0 Å². The fraction of sp³-hybridized carbons (Fsp3) is 0.333. The second kappa shape index (κ2) is 20.5. The predicted molar refractivity (Wildman–Crippen MR) is 197 cm³/mol. The van der Waals surface area contributed by atoms with Crippen LogP contribution in [0.25, 0.3) is 11.1 Å². The molecule has 4 amide bonds. The molecular formula is C36H49N11O4. The molecule has 0 saturated heterocycles. The molecule has 3 rings (SSSR count). The molecule has 0 radical (unpaired) electrons. The lowest BCUT2D eigenvalue weighted by Gasteiger charge is -2.26.